The summed E-state index contributed by atoms with van der Waals surface area (Å²) in [4.78, 5) is 26.9. The van der Waals surface area contributed by atoms with E-state index in [1.807, 2.05) is 63.2 Å². The lowest BCUT2D eigenvalue weighted by molar-refractivity contribution is 0.0938. The van der Waals surface area contributed by atoms with Crippen LogP contribution in [0.25, 0.3) is 0 Å². The summed E-state index contributed by atoms with van der Waals surface area (Å²) in [5.74, 6) is -0.0722. The number of amides is 3. The monoisotopic (exact) mass is 351 g/mol. The summed E-state index contributed by atoms with van der Waals surface area (Å²) in [6.45, 7) is 6.61. The van der Waals surface area contributed by atoms with Gasteiger partial charge < -0.3 is 10.6 Å². The number of rotatable bonds is 4. The van der Waals surface area contributed by atoms with Gasteiger partial charge in [0, 0.05) is 29.5 Å². The van der Waals surface area contributed by atoms with Crippen LogP contribution in [0, 0.1) is 6.92 Å². The molecule has 5 heteroatoms. The van der Waals surface area contributed by atoms with Gasteiger partial charge >= 0.3 is 6.03 Å². The molecule has 0 bridgehead atoms. The molecule has 5 nitrogen and oxygen atoms in total. The Labute approximate surface area is 154 Å². The summed E-state index contributed by atoms with van der Waals surface area (Å²) in [5.41, 5.74) is 4.32. The first-order valence-corrected chi connectivity index (χ1v) is 9.07. The maximum Gasteiger partial charge on any atom is 0.326 e. The van der Waals surface area contributed by atoms with E-state index < -0.39 is 0 Å². The SMILES string of the molecule is CC[C@@H](C)NC(=O)c1cccc2c1CCN2C(=O)Nc1ccc(C)cc1. The zero-order valence-electron chi connectivity index (χ0n) is 15.5. The molecule has 0 radical (unpaired) electrons. The van der Waals surface area contributed by atoms with Gasteiger partial charge in [0.2, 0.25) is 0 Å². The predicted molar refractivity (Wildman–Crippen MR) is 105 cm³/mol. The summed E-state index contributed by atoms with van der Waals surface area (Å²) in [7, 11) is 0. The van der Waals surface area contributed by atoms with Crippen LogP contribution in [0.1, 0.15) is 41.8 Å². The highest BCUT2D eigenvalue weighted by Gasteiger charge is 2.28. The Hall–Kier alpha value is -2.82. The van der Waals surface area contributed by atoms with Gasteiger partial charge in [-0.15, -0.1) is 0 Å². The molecular weight excluding hydrogens is 326 g/mol. The van der Waals surface area contributed by atoms with E-state index in [9.17, 15) is 9.59 Å². The van der Waals surface area contributed by atoms with Crippen molar-refractivity contribution in [2.45, 2.75) is 39.7 Å². The van der Waals surface area contributed by atoms with Crippen molar-refractivity contribution in [1.82, 2.24) is 5.32 Å². The predicted octanol–water partition coefficient (Wildman–Crippen LogP) is 4.12. The number of hydrogen-bond donors (Lipinski definition) is 2. The third kappa shape index (κ3) is 3.72. The number of urea groups is 1. The molecule has 1 heterocycles. The molecule has 0 aromatic heterocycles. The van der Waals surface area contributed by atoms with Gasteiger partial charge in [-0.05, 0) is 56.5 Å². The minimum absolute atomic E-state index is 0.0722. The molecule has 136 valence electrons. The van der Waals surface area contributed by atoms with Crippen LogP contribution in [0.4, 0.5) is 16.2 Å². The zero-order valence-corrected chi connectivity index (χ0v) is 15.5. The first kappa shape index (κ1) is 18.0. The number of carbonyl (C=O) groups is 2. The van der Waals surface area contributed by atoms with Crippen molar-refractivity contribution >= 4 is 23.3 Å². The van der Waals surface area contributed by atoms with Crippen molar-refractivity contribution in [3.05, 3.63) is 59.2 Å². The van der Waals surface area contributed by atoms with E-state index in [2.05, 4.69) is 10.6 Å². The lowest BCUT2D eigenvalue weighted by Crippen LogP contribution is -2.33. The molecule has 2 aromatic rings. The van der Waals surface area contributed by atoms with E-state index in [-0.39, 0.29) is 18.0 Å². The van der Waals surface area contributed by atoms with Crippen molar-refractivity contribution in [3.63, 3.8) is 0 Å². The van der Waals surface area contributed by atoms with Crippen LogP contribution < -0.4 is 15.5 Å². The molecule has 0 saturated carbocycles. The lowest BCUT2D eigenvalue weighted by atomic mass is 10.0. The second-order valence-corrected chi connectivity index (χ2v) is 6.78. The molecule has 0 aliphatic carbocycles. The summed E-state index contributed by atoms with van der Waals surface area (Å²) in [6.07, 6.45) is 1.56. The molecule has 1 aliphatic rings. The van der Waals surface area contributed by atoms with Gasteiger partial charge in [-0.2, -0.15) is 0 Å². The smallest absolute Gasteiger partial charge is 0.326 e. The topological polar surface area (TPSA) is 61.4 Å². The van der Waals surface area contributed by atoms with Crippen LogP contribution in [0.2, 0.25) is 0 Å². The van der Waals surface area contributed by atoms with Gasteiger partial charge in [-0.3, -0.25) is 9.69 Å². The van der Waals surface area contributed by atoms with Crippen molar-refractivity contribution in [3.8, 4) is 0 Å². The Balaban J connectivity index is 1.79. The van der Waals surface area contributed by atoms with Crippen LogP contribution in [0.5, 0.6) is 0 Å². The Morgan fingerprint density at radius 2 is 1.88 bits per heavy atom. The van der Waals surface area contributed by atoms with Gasteiger partial charge in [0.05, 0.1) is 0 Å². The van der Waals surface area contributed by atoms with Gasteiger partial charge in [0.15, 0.2) is 0 Å². The first-order valence-electron chi connectivity index (χ1n) is 9.07. The number of nitrogens with zero attached hydrogens (tertiary/aromatic N) is 1. The molecule has 3 amide bonds. The van der Waals surface area contributed by atoms with Gasteiger partial charge in [0.25, 0.3) is 5.91 Å². The molecule has 26 heavy (non-hydrogen) atoms. The average molecular weight is 351 g/mol. The number of benzene rings is 2. The van der Waals surface area contributed by atoms with E-state index >= 15 is 0 Å². The summed E-state index contributed by atoms with van der Waals surface area (Å²) in [5, 5.41) is 5.94. The number of fused-ring (bicyclic) bond motifs is 1. The quantitative estimate of drug-likeness (QED) is 0.870. The Morgan fingerprint density at radius 1 is 1.15 bits per heavy atom. The van der Waals surface area contributed by atoms with Gasteiger partial charge in [-0.1, -0.05) is 30.7 Å². The highest BCUT2D eigenvalue weighted by molar-refractivity contribution is 6.05. The fraction of sp³-hybridized carbons (Fsp3) is 0.333. The second-order valence-electron chi connectivity index (χ2n) is 6.78. The zero-order chi connectivity index (χ0) is 18.7. The maximum absolute atomic E-state index is 12.7. The molecule has 1 aliphatic heterocycles. The van der Waals surface area contributed by atoms with E-state index in [4.69, 9.17) is 0 Å². The Bertz CT molecular complexity index is 815. The van der Waals surface area contributed by atoms with Crippen LogP contribution in [-0.4, -0.2) is 24.5 Å². The van der Waals surface area contributed by atoms with E-state index in [1.54, 1.807) is 4.90 Å². The van der Waals surface area contributed by atoms with Crippen molar-refractivity contribution < 1.29 is 9.59 Å². The Morgan fingerprint density at radius 3 is 2.58 bits per heavy atom. The van der Waals surface area contributed by atoms with Crippen LogP contribution >= 0.6 is 0 Å². The fourth-order valence-corrected chi connectivity index (χ4v) is 3.09. The van der Waals surface area contributed by atoms with Gasteiger partial charge in [-0.25, -0.2) is 4.79 Å². The molecule has 2 aromatic carbocycles. The number of carbonyl (C=O) groups excluding carboxylic acids is 2. The van der Waals surface area contributed by atoms with Crippen molar-refractivity contribution in [1.29, 1.82) is 0 Å². The summed E-state index contributed by atoms with van der Waals surface area (Å²) in [6, 6.07) is 13.2. The van der Waals surface area contributed by atoms with E-state index in [0.717, 1.165) is 28.9 Å². The third-order valence-electron chi connectivity index (χ3n) is 4.81. The van der Waals surface area contributed by atoms with Crippen molar-refractivity contribution in [2.24, 2.45) is 0 Å². The molecule has 2 N–H and O–H groups in total. The number of anilines is 2. The second kappa shape index (κ2) is 7.60. The molecule has 0 fully saturated rings. The van der Waals surface area contributed by atoms with Gasteiger partial charge in [0.1, 0.15) is 0 Å². The fourth-order valence-electron chi connectivity index (χ4n) is 3.09. The molecule has 3 rings (SSSR count). The minimum atomic E-state index is -0.174. The Kier molecular flexibility index (Phi) is 5.26. The van der Waals surface area contributed by atoms with Crippen molar-refractivity contribution in [2.75, 3.05) is 16.8 Å². The highest BCUT2D eigenvalue weighted by Crippen LogP contribution is 2.31. The van der Waals surface area contributed by atoms with Crippen LogP contribution in [-0.2, 0) is 6.42 Å². The number of hydrogen-bond acceptors (Lipinski definition) is 2. The maximum atomic E-state index is 12.7. The van der Waals surface area contributed by atoms with Crippen LogP contribution in [0.3, 0.4) is 0 Å². The highest BCUT2D eigenvalue weighted by atomic mass is 16.2. The van der Waals surface area contributed by atoms with E-state index in [1.165, 1.54) is 0 Å². The van der Waals surface area contributed by atoms with Crippen LogP contribution in [0.15, 0.2) is 42.5 Å². The minimum Gasteiger partial charge on any atom is -0.350 e. The molecular formula is C21H25N3O2. The molecule has 0 saturated heterocycles. The largest absolute Gasteiger partial charge is 0.350 e. The molecule has 1 atom stereocenters. The molecule has 0 spiro atoms. The summed E-state index contributed by atoms with van der Waals surface area (Å²) >= 11 is 0. The normalized spacial score (nSPS) is 13.9. The van der Waals surface area contributed by atoms with E-state index in [0.29, 0.717) is 18.5 Å². The number of nitrogens with one attached hydrogen (secondary N) is 2. The number of aryl methyl sites for hydroxylation is 1. The summed E-state index contributed by atoms with van der Waals surface area (Å²) < 4.78 is 0. The average Bonchev–Trinajstić information content (AvgIpc) is 3.07. The lowest BCUT2D eigenvalue weighted by Gasteiger charge is -2.19. The first-order chi connectivity index (χ1) is 12.5. The molecule has 0 unspecified atom stereocenters. The standard InChI is InChI=1S/C21H25N3O2/c1-4-15(3)22-20(25)18-6-5-7-19-17(18)12-13-24(19)21(26)23-16-10-8-14(2)9-11-16/h5-11,15H,4,12-13H2,1-3H3,(H,22,25)(H,23,26)/t15-/m1/s1. The third-order valence-corrected chi connectivity index (χ3v) is 4.81.